The maximum Gasteiger partial charge on any atom is 0.338 e. The van der Waals surface area contributed by atoms with Crippen LogP contribution >= 0.6 is 0 Å². The minimum Gasteiger partial charge on any atom is -0.456 e. The molecule has 2 rings (SSSR count). The molecular formula is C17H20O2. The smallest absolute Gasteiger partial charge is 0.338 e. The first kappa shape index (κ1) is 13.6. The lowest BCUT2D eigenvalue weighted by Gasteiger charge is -2.24. The molecule has 1 aromatic carbocycles. The Bertz CT molecular complexity index is 479. The van der Waals surface area contributed by atoms with Gasteiger partial charge in [-0.2, -0.15) is 0 Å². The third-order valence-electron chi connectivity index (χ3n) is 3.54. The van der Waals surface area contributed by atoms with Crippen LogP contribution in [0.4, 0.5) is 0 Å². The molecule has 1 fully saturated rings. The van der Waals surface area contributed by atoms with E-state index in [2.05, 4.69) is 6.58 Å². The lowest BCUT2D eigenvalue weighted by atomic mass is 10.1. The quantitative estimate of drug-likeness (QED) is 0.460. The Labute approximate surface area is 114 Å². The molecule has 0 bridgehead atoms. The fourth-order valence-corrected chi connectivity index (χ4v) is 2.34. The highest BCUT2D eigenvalue weighted by molar-refractivity contribution is 5.92. The highest BCUT2D eigenvalue weighted by Crippen LogP contribution is 2.33. The third-order valence-corrected chi connectivity index (χ3v) is 3.54. The topological polar surface area (TPSA) is 26.3 Å². The lowest BCUT2D eigenvalue weighted by molar-refractivity contribution is -0.152. The normalized spacial score (nSPS) is 17.5. The highest BCUT2D eigenvalue weighted by atomic mass is 16.6. The van der Waals surface area contributed by atoms with E-state index in [0.29, 0.717) is 5.57 Å². The molecule has 0 atom stereocenters. The van der Waals surface area contributed by atoms with Gasteiger partial charge in [0.05, 0.1) is 5.57 Å². The molecule has 19 heavy (non-hydrogen) atoms. The van der Waals surface area contributed by atoms with Gasteiger partial charge >= 0.3 is 5.97 Å². The standard InChI is InChI=1S/C17H20O2/c1-14(10-11-15-8-4-3-5-9-15)16(18)19-17(2)12-6-7-13-17/h3-5,8-11H,1,6-7,12-13H2,2H3. The lowest BCUT2D eigenvalue weighted by Crippen LogP contribution is -2.28. The average Bonchev–Trinajstić information content (AvgIpc) is 2.83. The Balaban J connectivity index is 1.93. The summed E-state index contributed by atoms with van der Waals surface area (Å²) in [7, 11) is 0. The molecule has 1 saturated carbocycles. The molecule has 0 unspecified atom stereocenters. The molecule has 100 valence electrons. The van der Waals surface area contributed by atoms with E-state index in [-0.39, 0.29) is 11.6 Å². The molecule has 0 amide bonds. The predicted molar refractivity (Wildman–Crippen MR) is 77.6 cm³/mol. The summed E-state index contributed by atoms with van der Waals surface area (Å²) < 4.78 is 5.56. The van der Waals surface area contributed by atoms with Gasteiger partial charge in [0.1, 0.15) is 5.60 Å². The van der Waals surface area contributed by atoms with Crippen LogP contribution in [-0.2, 0) is 9.53 Å². The molecule has 2 nitrogen and oxygen atoms in total. The molecular weight excluding hydrogens is 236 g/mol. The van der Waals surface area contributed by atoms with Crippen molar-refractivity contribution in [1.29, 1.82) is 0 Å². The first-order valence-corrected chi connectivity index (χ1v) is 6.74. The van der Waals surface area contributed by atoms with Gasteiger partial charge in [-0.25, -0.2) is 4.79 Å². The Hall–Kier alpha value is -1.83. The van der Waals surface area contributed by atoms with Crippen LogP contribution in [0.1, 0.15) is 38.2 Å². The number of rotatable bonds is 4. The van der Waals surface area contributed by atoms with Crippen LogP contribution in [0, 0.1) is 0 Å². The molecule has 1 aromatic rings. The Morgan fingerprint density at radius 2 is 1.89 bits per heavy atom. The van der Waals surface area contributed by atoms with Gasteiger partial charge in [-0.15, -0.1) is 0 Å². The second-order valence-corrected chi connectivity index (χ2v) is 5.32. The SMILES string of the molecule is C=C(C=Cc1ccccc1)C(=O)OC1(C)CCCC1. The Kier molecular flexibility index (Phi) is 4.20. The van der Waals surface area contributed by atoms with E-state index in [0.717, 1.165) is 31.2 Å². The summed E-state index contributed by atoms with van der Waals surface area (Å²) in [6, 6.07) is 9.84. The molecule has 2 heteroatoms. The van der Waals surface area contributed by atoms with Crippen LogP contribution < -0.4 is 0 Å². The molecule has 0 aliphatic heterocycles. The van der Waals surface area contributed by atoms with Crippen molar-refractivity contribution in [2.45, 2.75) is 38.2 Å². The fraction of sp³-hybridized carbons (Fsp3) is 0.353. The van der Waals surface area contributed by atoms with Gasteiger partial charge in [0.2, 0.25) is 0 Å². The van der Waals surface area contributed by atoms with Gasteiger partial charge in [-0.1, -0.05) is 43.0 Å². The van der Waals surface area contributed by atoms with Gasteiger partial charge in [0.25, 0.3) is 0 Å². The van der Waals surface area contributed by atoms with Crippen LogP contribution in [0.3, 0.4) is 0 Å². The Morgan fingerprint density at radius 1 is 1.26 bits per heavy atom. The fourth-order valence-electron chi connectivity index (χ4n) is 2.34. The van der Waals surface area contributed by atoms with Gasteiger partial charge in [0.15, 0.2) is 0 Å². The van der Waals surface area contributed by atoms with Crippen LogP contribution in [0.25, 0.3) is 6.08 Å². The highest BCUT2D eigenvalue weighted by Gasteiger charge is 2.32. The van der Waals surface area contributed by atoms with E-state index in [9.17, 15) is 4.79 Å². The van der Waals surface area contributed by atoms with Crippen molar-refractivity contribution < 1.29 is 9.53 Å². The maximum absolute atomic E-state index is 12.0. The summed E-state index contributed by atoms with van der Waals surface area (Å²) in [5.74, 6) is -0.309. The van der Waals surface area contributed by atoms with Crippen molar-refractivity contribution in [1.82, 2.24) is 0 Å². The van der Waals surface area contributed by atoms with E-state index in [1.54, 1.807) is 6.08 Å². The third kappa shape index (κ3) is 3.82. The minimum absolute atomic E-state index is 0.291. The average molecular weight is 256 g/mol. The largest absolute Gasteiger partial charge is 0.456 e. The zero-order valence-electron chi connectivity index (χ0n) is 11.4. The number of esters is 1. The minimum atomic E-state index is -0.309. The van der Waals surface area contributed by atoms with Crippen LogP contribution in [0.5, 0.6) is 0 Å². The summed E-state index contributed by atoms with van der Waals surface area (Å²) in [6.07, 6.45) is 7.77. The van der Waals surface area contributed by atoms with E-state index in [4.69, 9.17) is 4.74 Å². The van der Waals surface area contributed by atoms with Gasteiger partial charge < -0.3 is 4.74 Å². The number of hydrogen-bond acceptors (Lipinski definition) is 2. The zero-order chi connectivity index (χ0) is 13.7. The first-order chi connectivity index (χ1) is 9.09. The molecule has 0 N–H and O–H groups in total. The number of carbonyl (C=O) groups excluding carboxylic acids is 1. The Morgan fingerprint density at radius 3 is 2.53 bits per heavy atom. The number of ether oxygens (including phenoxy) is 1. The van der Waals surface area contributed by atoms with Crippen molar-refractivity contribution in [2.75, 3.05) is 0 Å². The monoisotopic (exact) mass is 256 g/mol. The predicted octanol–water partition coefficient (Wildman–Crippen LogP) is 4.13. The second-order valence-electron chi connectivity index (χ2n) is 5.32. The summed E-state index contributed by atoms with van der Waals surface area (Å²) in [5, 5.41) is 0. The molecule has 0 heterocycles. The van der Waals surface area contributed by atoms with E-state index < -0.39 is 0 Å². The number of benzene rings is 1. The number of hydrogen-bond donors (Lipinski definition) is 0. The van der Waals surface area contributed by atoms with Crippen LogP contribution in [-0.4, -0.2) is 11.6 Å². The van der Waals surface area contributed by atoms with Crippen molar-refractivity contribution in [2.24, 2.45) is 0 Å². The van der Waals surface area contributed by atoms with Crippen LogP contribution in [0.15, 0.2) is 48.6 Å². The van der Waals surface area contributed by atoms with E-state index >= 15 is 0 Å². The van der Waals surface area contributed by atoms with E-state index in [1.807, 2.05) is 43.3 Å². The number of carbonyl (C=O) groups is 1. The molecule has 0 radical (unpaired) electrons. The molecule has 0 saturated heterocycles. The van der Waals surface area contributed by atoms with Gasteiger partial charge in [0, 0.05) is 0 Å². The van der Waals surface area contributed by atoms with Crippen LogP contribution in [0.2, 0.25) is 0 Å². The van der Waals surface area contributed by atoms with Gasteiger partial charge in [-0.3, -0.25) is 0 Å². The van der Waals surface area contributed by atoms with E-state index in [1.165, 1.54) is 0 Å². The molecule has 1 aliphatic carbocycles. The zero-order valence-corrected chi connectivity index (χ0v) is 11.4. The summed E-state index contributed by atoms with van der Waals surface area (Å²) in [6.45, 7) is 5.79. The summed E-state index contributed by atoms with van der Waals surface area (Å²) in [5.41, 5.74) is 1.15. The second kappa shape index (κ2) is 5.87. The van der Waals surface area contributed by atoms with Crippen molar-refractivity contribution in [3.63, 3.8) is 0 Å². The first-order valence-electron chi connectivity index (χ1n) is 6.74. The molecule has 0 aromatic heterocycles. The summed E-state index contributed by atoms with van der Waals surface area (Å²) >= 11 is 0. The van der Waals surface area contributed by atoms with Crippen molar-refractivity contribution >= 4 is 12.0 Å². The maximum atomic E-state index is 12.0. The molecule has 1 aliphatic rings. The van der Waals surface area contributed by atoms with Gasteiger partial charge in [-0.05, 0) is 44.2 Å². The molecule has 0 spiro atoms. The van der Waals surface area contributed by atoms with Crippen molar-refractivity contribution in [3.05, 3.63) is 54.1 Å². The summed E-state index contributed by atoms with van der Waals surface area (Å²) in [4.78, 5) is 12.0. The van der Waals surface area contributed by atoms with Crippen molar-refractivity contribution in [3.8, 4) is 0 Å².